The van der Waals surface area contributed by atoms with Crippen molar-refractivity contribution in [2.75, 3.05) is 18.8 Å². The quantitative estimate of drug-likeness (QED) is 0.333. The zero-order valence-corrected chi connectivity index (χ0v) is 23.0. The number of rotatable bonds is 9. The average Bonchev–Trinajstić information content (AvgIpc) is 3.40. The van der Waals surface area contributed by atoms with Gasteiger partial charge in [0.2, 0.25) is 10.0 Å². The van der Waals surface area contributed by atoms with Crippen LogP contribution in [0.15, 0.2) is 60.3 Å². The predicted molar refractivity (Wildman–Crippen MR) is 146 cm³/mol. The lowest BCUT2D eigenvalue weighted by atomic mass is 9.70. The van der Waals surface area contributed by atoms with Crippen molar-refractivity contribution in [1.82, 2.24) is 14.1 Å². The Balaban J connectivity index is 1.40. The molecule has 2 aliphatic carbocycles. The molecule has 202 valence electrons. The SMILES string of the molecule is CC(C)CS(=O)(=O)N(CCc1ccccc1F)C[C@H]1CCC2=Cc3c(cnn3-c3ccc(F)cc3)C[C@@]21C. The second kappa shape index (κ2) is 10.4. The first-order chi connectivity index (χ1) is 18.1. The van der Waals surface area contributed by atoms with Crippen LogP contribution in [0.2, 0.25) is 0 Å². The van der Waals surface area contributed by atoms with Crippen LogP contribution in [0.3, 0.4) is 0 Å². The highest BCUT2D eigenvalue weighted by Gasteiger charge is 2.47. The highest BCUT2D eigenvalue weighted by atomic mass is 32.2. The summed E-state index contributed by atoms with van der Waals surface area (Å²) in [5, 5.41) is 4.59. The normalized spacial score (nSPS) is 21.0. The van der Waals surface area contributed by atoms with Gasteiger partial charge in [-0.1, -0.05) is 44.5 Å². The van der Waals surface area contributed by atoms with Crippen molar-refractivity contribution in [2.24, 2.45) is 17.3 Å². The summed E-state index contributed by atoms with van der Waals surface area (Å²) in [7, 11) is -3.51. The predicted octanol–water partition coefficient (Wildman–Crippen LogP) is 6.04. The second-order valence-corrected chi connectivity index (χ2v) is 13.3. The van der Waals surface area contributed by atoms with E-state index in [0.29, 0.717) is 18.5 Å². The number of nitrogens with zero attached hydrogens (tertiary/aromatic N) is 3. The van der Waals surface area contributed by atoms with Gasteiger partial charge >= 0.3 is 0 Å². The fourth-order valence-corrected chi connectivity index (χ4v) is 7.91. The van der Waals surface area contributed by atoms with E-state index in [0.717, 1.165) is 36.2 Å². The smallest absolute Gasteiger partial charge is 0.214 e. The van der Waals surface area contributed by atoms with E-state index >= 15 is 0 Å². The molecule has 0 unspecified atom stereocenters. The van der Waals surface area contributed by atoms with E-state index in [1.54, 1.807) is 34.6 Å². The molecule has 0 amide bonds. The molecule has 8 heteroatoms. The Kier molecular flexibility index (Phi) is 7.31. The molecule has 1 aromatic heterocycles. The van der Waals surface area contributed by atoms with Crippen molar-refractivity contribution in [3.05, 3.63) is 88.8 Å². The van der Waals surface area contributed by atoms with Gasteiger partial charge in [0.15, 0.2) is 0 Å². The highest BCUT2D eigenvalue weighted by molar-refractivity contribution is 7.89. The maximum Gasteiger partial charge on any atom is 0.214 e. The maximum absolute atomic E-state index is 14.3. The minimum atomic E-state index is -3.51. The molecule has 5 nitrogen and oxygen atoms in total. The maximum atomic E-state index is 14.3. The third-order valence-electron chi connectivity index (χ3n) is 8.17. The fourth-order valence-electron chi connectivity index (χ4n) is 6.08. The van der Waals surface area contributed by atoms with E-state index < -0.39 is 10.0 Å². The van der Waals surface area contributed by atoms with Crippen molar-refractivity contribution in [2.45, 2.75) is 46.5 Å². The fraction of sp³-hybridized carbons (Fsp3) is 0.433. The van der Waals surface area contributed by atoms with Gasteiger partial charge < -0.3 is 0 Å². The number of sulfonamides is 1. The van der Waals surface area contributed by atoms with Crippen molar-refractivity contribution in [1.29, 1.82) is 0 Å². The molecule has 1 heterocycles. The van der Waals surface area contributed by atoms with Crippen LogP contribution in [-0.2, 0) is 22.9 Å². The minimum absolute atomic E-state index is 0.000113. The third-order valence-corrected chi connectivity index (χ3v) is 10.4. The Morgan fingerprint density at radius 2 is 1.87 bits per heavy atom. The zero-order chi connectivity index (χ0) is 27.1. The molecular weight excluding hydrogens is 504 g/mol. The van der Waals surface area contributed by atoms with E-state index in [1.165, 1.54) is 23.8 Å². The Hall–Kier alpha value is -2.84. The van der Waals surface area contributed by atoms with E-state index in [2.05, 4.69) is 18.1 Å². The van der Waals surface area contributed by atoms with Crippen molar-refractivity contribution in [3.63, 3.8) is 0 Å². The first kappa shape index (κ1) is 26.8. The third kappa shape index (κ3) is 5.21. The van der Waals surface area contributed by atoms with E-state index in [9.17, 15) is 17.2 Å². The Morgan fingerprint density at radius 3 is 2.58 bits per heavy atom. The van der Waals surface area contributed by atoms with Crippen LogP contribution in [-0.4, -0.2) is 41.3 Å². The molecule has 0 N–H and O–H groups in total. The van der Waals surface area contributed by atoms with Crippen molar-refractivity contribution >= 4 is 16.1 Å². The van der Waals surface area contributed by atoms with Gasteiger partial charge in [0.25, 0.3) is 0 Å². The van der Waals surface area contributed by atoms with Gasteiger partial charge in [-0.3, -0.25) is 0 Å². The van der Waals surface area contributed by atoms with Gasteiger partial charge in [-0.15, -0.1) is 0 Å². The summed E-state index contributed by atoms with van der Waals surface area (Å²) in [5.74, 6) is -0.375. The summed E-state index contributed by atoms with van der Waals surface area (Å²) in [6.45, 7) is 6.73. The Bertz CT molecular complexity index is 1450. The van der Waals surface area contributed by atoms with E-state index in [-0.39, 0.29) is 41.2 Å². The first-order valence-electron chi connectivity index (χ1n) is 13.3. The molecule has 1 fully saturated rings. The van der Waals surface area contributed by atoms with Gasteiger partial charge in [0.05, 0.1) is 23.3 Å². The number of hydrogen-bond acceptors (Lipinski definition) is 3. The summed E-state index contributed by atoms with van der Waals surface area (Å²) in [4.78, 5) is 0. The minimum Gasteiger partial charge on any atom is -0.233 e. The van der Waals surface area contributed by atoms with Gasteiger partial charge in [-0.05, 0) is 90.5 Å². The molecular formula is C30H35F2N3O2S. The molecule has 0 aliphatic heterocycles. The first-order valence-corrected chi connectivity index (χ1v) is 14.9. The average molecular weight is 540 g/mol. The summed E-state index contributed by atoms with van der Waals surface area (Å²) in [6.07, 6.45) is 6.96. The summed E-state index contributed by atoms with van der Waals surface area (Å²) in [6, 6.07) is 12.9. The van der Waals surface area contributed by atoms with E-state index in [4.69, 9.17) is 0 Å². The number of halogens is 2. The van der Waals surface area contributed by atoms with Gasteiger partial charge in [0.1, 0.15) is 11.6 Å². The zero-order valence-electron chi connectivity index (χ0n) is 22.2. The topological polar surface area (TPSA) is 55.2 Å². The summed E-state index contributed by atoms with van der Waals surface area (Å²) < 4.78 is 58.2. The lowest BCUT2D eigenvalue weighted by molar-refractivity contribution is 0.221. The molecule has 0 spiro atoms. The summed E-state index contributed by atoms with van der Waals surface area (Å²) in [5.41, 5.74) is 4.57. The lowest BCUT2D eigenvalue weighted by Gasteiger charge is -2.38. The van der Waals surface area contributed by atoms with Gasteiger partial charge in [-0.25, -0.2) is 26.2 Å². The van der Waals surface area contributed by atoms with Crippen molar-refractivity contribution in [3.8, 4) is 5.69 Å². The molecule has 0 saturated heterocycles. The van der Waals surface area contributed by atoms with Gasteiger partial charge in [-0.2, -0.15) is 5.10 Å². The molecule has 0 radical (unpaired) electrons. The van der Waals surface area contributed by atoms with Crippen LogP contribution in [0.25, 0.3) is 11.8 Å². The van der Waals surface area contributed by atoms with Crippen LogP contribution in [0.1, 0.15) is 50.4 Å². The number of hydrogen-bond donors (Lipinski definition) is 0. The van der Waals surface area contributed by atoms with Gasteiger partial charge in [0, 0.05) is 13.1 Å². The second-order valence-electron chi connectivity index (χ2n) is 11.3. The number of aromatic nitrogens is 2. The summed E-state index contributed by atoms with van der Waals surface area (Å²) >= 11 is 0. The molecule has 3 aromatic rings. The molecule has 2 aromatic carbocycles. The Labute approximate surface area is 224 Å². The molecule has 2 atom stereocenters. The Morgan fingerprint density at radius 1 is 1.13 bits per heavy atom. The van der Waals surface area contributed by atoms with Crippen LogP contribution in [0.4, 0.5) is 8.78 Å². The van der Waals surface area contributed by atoms with Crippen LogP contribution in [0, 0.1) is 28.9 Å². The lowest BCUT2D eigenvalue weighted by Crippen LogP contribution is -2.43. The number of allylic oxidation sites excluding steroid dienone is 1. The molecule has 0 bridgehead atoms. The van der Waals surface area contributed by atoms with Crippen molar-refractivity contribution < 1.29 is 17.2 Å². The molecule has 5 rings (SSSR count). The number of benzene rings is 2. The van der Waals surface area contributed by atoms with Crippen LogP contribution >= 0.6 is 0 Å². The standard InChI is InChI=1S/C30H35F2N3O2S/c1-21(2)20-38(36,37)34(15-14-22-6-4-5-7-28(22)32)19-25-9-8-24-16-29-23(17-30(24,25)3)18-33-35(29)27-12-10-26(31)11-13-27/h4-7,10-13,16,18,21,25H,8-9,14-15,17,19-20H2,1-3H3/t25-,30+/m1/s1. The largest absolute Gasteiger partial charge is 0.233 e. The highest BCUT2D eigenvalue weighted by Crippen LogP contribution is 2.53. The monoisotopic (exact) mass is 539 g/mol. The van der Waals surface area contributed by atoms with E-state index in [1.807, 2.05) is 24.7 Å². The van der Waals surface area contributed by atoms with Crippen LogP contribution < -0.4 is 0 Å². The number of fused-ring (bicyclic) bond motifs is 2. The van der Waals surface area contributed by atoms with Crippen LogP contribution in [0.5, 0.6) is 0 Å². The molecule has 1 saturated carbocycles. The molecule has 38 heavy (non-hydrogen) atoms. The molecule has 2 aliphatic rings.